The van der Waals surface area contributed by atoms with Gasteiger partial charge in [-0.3, -0.25) is 0 Å². The molecule has 6 heteroatoms. The van der Waals surface area contributed by atoms with E-state index in [0.717, 1.165) is 43.1 Å². The van der Waals surface area contributed by atoms with Crippen LogP contribution in [0.15, 0.2) is 36.5 Å². The number of anilines is 2. The first-order chi connectivity index (χ1) is 11.3. The first kappa shape index (κ1) is 15.6. The van der Waals surface area contributed by atoms with E-state index in [9.17, 15) is 0 Å². The van der Waals surface area contributed by atoms with Gasteiger partial charge in [-0.15, -0.1) is 0 Å². The lowest BCUT2D eigenvalue weighted by molar-refractivity contribution is 0.120. The van der Waals surface area contributed by atoms with Crippen molar-refractivity contribution in [3.8, 4) is 5.75 Å². The second kappa shape index (κ2) is 7.78. The molecule has 1 fully saturated rings. The van der Waals surface area contributed by atoms with Crippen molar-refractivity contribution in [1.82, 2.24) is 9.97 Å². The predicted octanol–water partition coefficient (Wildman–Crippen LogP) is 2.69. The lowest BCUT2D eigenvalue weighted by atomic mass is 10.2. The lowest BCUT2D eigenvalue weighted by Gasteiger charge is -2.12. The van der Waals surface area contributed by atoms with Gasteiger partial charge in [-0.05, 0) is 36.6 Å². The molecule has 1 aromatic heterocycles. The number of rotatable bonds is 7. The minimum atomic E-state index is 0.292. The molecule has 3 rings (SSSR count). The van der Waals surface area contributed by atoms with E-state index in [1.54, 1.807) is 13.3 Å². The fourth-order valence-electron chi connectivity index (χ4n) is 2.49. The molecule has 0 amide bonds. The van der Waals surface area contributed by atoms with Crippen molar-refractivity contribution in [2.45, 2.75) is 25.5 Å². The van der Waals surface area contributed by atoms with Crippen LogP contribution in [0.1, 0.15) is 18.4 Å². The molecule has 122 valence electrons. The van der Waals surface area contributed by atoms with Crippen LogP contribution in [-0.2, 0) is 11.3 Å². The molecule has 23 heavy (non-hydrogen) atoms. The summed E-state index contributed by atoms with van der Waals surface area (Å²) in [6.45, 7) is 2.32. The highest BCUT2D eigenvalue weighted by atomic mass is 16.5. The highest BCUT2D eigenvalue weighted by molar-refractivity contribution is 5.40. The highest BCUT2D eigenvalue weighted by Crippen LogP contribution is 2.14. The Hall–Kier alpha value is -2.34. The van der Waals surface area contributed by atoms with Crippen molar-refractivity contribution >= 4 is 11.8 Å². The van der Waals surface area contributed by atoms with E-state index in [-0.39, 0.29) is 0 Å². The zero-order valence-corrected chi connectivity index (χ0v) is 13.3. The molecule has 0 saturated carbocycles. The van der Waals surface area contributed by atoms with E-state index in [0.29, 0.717) is 18.6 Å². The molecule has 0 radical (unpaired) electrons. The van der Waals surface area contributed by atoms with Crippen LogP contribution in [0.5, 0.6) is 5.75 Å². The quantitative estimate of drug-likeness (QED) is 0.819. The summed E-state index contributed by atoms with van der Waals surface area (Å²) in [5, 5.41) is 6.54. The molecule has 1 unspecified atom stereocenters. The molecule has 1 aliphatic rings. The Bertz CT molecular complexity index is 612. The van der Waals surface area contributed by atoms with Gasteiger partial charge in [-0.2, -0.15) is 4.98 Å². The molecule has 0 aliphatic carbocycles. The van der Waals surface area contributed by atoms with Crippen molar-refractivity contribution in [3.05, 3.63) is 42.1 Å². The third-order valence-electron chi connectivity index (χ3n) is 3.80. The van der Waals surface area contributed by atoms with E-state index in [1.165, 1.54) is 0 Å². The maximum absolute atomic E-state index is 5.60. The topological polar surface area (TPSA) is 68.3 Å². The molecule has 1 atom stereocenters. The van der Waals surface area contributed by atoms with Crippen molar-refractivity contribution in [1.29, 1.82) is 0 Å². The van der Waals surface area contributed by atoms with E-state index in [1.807, 2.05) is 30.3 Å². The summed E-state index contributed by atoms with van der Waals surface area (Å²) in [6, 6.07) is 9.79. The van der Waals surface area contributed by atoms with Crippen LogP contribution >= 0.6 is 0 Å². The fraction of sp³-hybridized carbons (Fsp3) is 0.412. The monoisotopic (exact) mass is 314 g/mol. The average Bonchev–Trinajstić information content (AvgIpc) is 3.12. The number of aromatic nitrogens is 2. The summed E-state index contributed by atoms with van der Waals surface area (Å²) < 4.78 is 10.8. The molecule has 1 saturated heterocycles. The van der Waals surface area contributed by atoms with Gasteiger partial charge in [0.15, 0.2) is 0 Å². The second-order valence-electron chi connectivity index (χ2n) is 5.48. The molecule has 0 bridgehead atoms. The number of ether oxygens (including phenoxy) is 2. The maximum Gasteiger partial charge on any atom is 0.224 e. The van der Waals surface area contributed by atoms with Crippen LogP contribution in [0.3, 0.4) is 0 Å². The molecular formula is C17H22N4O2. The van der Waals surface area contributed by atoms with E-state index in [2.05, 4.69) is 20.6 Å². The van der Waals surface area contributed by atoms with Crippen LogP contribution in [0.4, 0.5) is 11.8 Å². The summed E-state index contributed by atoms with van der Waals surface area (Å²) in [4.78, 5) is 8.72. The SMILES string of the molecule is COc1ccc(CNc2nccc(NCC3CCCO3)n2)cc1. The molecule has 2 aromatic rings. The zero-order valence-electron chi connectivity index (χ0n) is 13.3. The summed E-state index contributed by atoms with van der Waals surface area (Å²) in [7, 11) is 1.66. The third kappa shape index (κ3) is 4.56. The number of hydrogen-bond donors (Lipinski definition) is 2. The van der Waals surface area contributed by atoms with E-state index >= 15 is 0 Å². The Balaban J connectivity index is 1.51. The van der Waals surface area contributed by atoms with Gasteiger partial charge >= 0.3 is 0 Å². The molecule has 2 heterocycles. The minimum absolute atomic E-state index is 0.292. The Labute approximate surface area is 136 Å². The van der Waals surface area contributed by atoms with E-state index in [4.69, 9.17) is 9.47 Å². The lowest BCUT2D eigenvalue weighted by Crippen LogP contribution is -2.19. The van der Waals surface area contributed by atoms with Gasteiger partial charge < -0.3 is 20.1 Å². The van der Waals surface area contributed by atoms with Gasteiger partial charge in [-0.25, -0.2) is 4.98 Å². The number of methoxy groups -OCH3 is 1. The summed E-state index contributed by atoms with van der Waals surface area (Å²) in [5.74, 6) is 2.27. The van der Waals surface area contributed by atoms with Gasteiger partial charge in [0.05, 0.1) is 13.2 Å². The maximum atomic E-state index is 5.60. The number of benzene rings is 1. The molecule has 1 aliphatic heterocycles. The van der Waals surface area contributed by atoms with Crippen LogP contribution in [0.25, 0.3) is 0 Å². The van der Waals surface area contributed by atoms with Crippen LogP contribution in [-0.4, -0.2) is 36.3 Å². The van der Waals surface area contributed by atoms with Gasteiger partial charge in [0, 0.05) is 25.9 Å². The fourth-order valence-corrected chi connectivity index (χ4v) is 2.49. The normalized spacial score (nSPS) is 17.0. The predicted molar refractivity (Wildman–Crippen MR) is 89.8 cm³/mol. The minimum Gasteiger partial charge on any atom is -0.497 e. The molecule has 6 nitrogen and oxygen atoms in total. The van der Waals surface area contributed by atoms with Crippen molar-refractivity contribution in [3.63, 3.8) is 0 Å². The largest absolute Gasteiger partial charge is 0.497 e. The van der Waals surface area contributed by atoms with E-state index < -0.39 is 0 Å². The number of hydrogen-bond acceptors (Lipinski definition) is 6. The third-order valence-corrected chi connectivity index (χ3v) is 3.80. The summed E-state index contributed by atoms with van der Waals surface area (Å²) in [5.41, 5.74) is 1.15. The average molecular weight is 314 g/mol. The second-order valence-corrected chi connectivity index (χ2v) is 5.48. The standard InChI is InChI=1S/C17H22N4O2/c1-22-14-6-4-13(5-7-14)11-20-17-18-9-8-16(21-17)19-12-15-3-2-10-23-15/h4-9,15H,2-3,10-12H2,1H3,(H2,18,19,20,21). The summed E-state index contributed by atoms with van der Waals surface area (Å²) in [6.07, 6.45) is 4.30. The molecule has 2 N–H and O–H groups in total. The van der Waals surface area contributed by atoms with Crippen molar-refractivity contribution < 1.29 is 9.47 Å². The highest BCUT2D eigenvalue weighted by Gasteiger charge is 2.15. The number of nitrogens with zero attached hydrogens (tertiary/aromatic N) is 2. The van der Waals surface area contributed by atoms with Crippen molar-refractivity contribution in [2.24, 2.45) is 0 Å². The molecule has 1 aromatic carbocycles. The summed E-state index contributed by atoms with van der Waals surface area (Å²) >= 11 is 0. The van der Waals surface area contributed by atoms with Gasteiger partial charge in [0.25, 0.3) is 0 Å². The molecular weight excluding hydrogens is 292 g/mol. The Kier molecular flexibility index (Phi) is 5.26. The van der Waals surface area contributed by atoms with Gasteiger partial charge in [0.1, 0.15) is 11.6 Å². The van der Waals surface area contributed by atoms with Crippen LogP contribution in [0, 0.1) is 0 Å². The van der Waals surface area contributed by atoms with Crippen molar-refractivity contribution in [2.75, 3.05) is 30.9 Å². The zero-order chi connectivity index (χ0) is 15.9. The molecule has 0 spiro atoms. The van der Waals surface area contributed by atoms with Crippen LogP contribution < -0.4 is 15.4 Å². The van der Waals surface area contributed by atoms with Crippen LogP contribution in [0.2, 0.25) is 0 Å². The Morgan fingerprint density at radius 2 is 2.09 bits per heavy atom. The Morgan fingerprint density at radius 1 is 1.22 bits per heavy atom. The first-order valence-electron chi connectivity index (χ1n) is 7.89. The number of nitrogens with one attached hydrogen (secondary N) is 2. The first-order valence-corrected chi connectivity index (χ1v) is 7.89. The Morgan fingerprint density at radius 3 is 2.83 bits per heavy atom. The van der Waals surface area contributed by atoms with Gasteiger partial charge in [-0.1, -0.05) is 12.1 Å². The van der Waals surface area contributed by atoms with Gasteiger partial charge in [0.2, 0.25) is 5.95 Å². The smallest absolute Gasteiger partial charge is 0.224 e.